The zero-order chi connectivity index (χ0) is 16.2. The fourth-order valence-corrected chi connectivity index (χ4v) is 2.16. The number of nitrogens with one attached hydrogen (secondary N) is 2. The van der Waals surface area contributed by atoms with E-state index in [-0.39, 0.29) is 12.3 Å². The largest absolute Gasteiger partial charge is 0.477 e. The molecule has 0 bridgehead atoms. The molecule has 4 N–H and O–H groups in total. The molecule has 1 aromatic carbocycles. The first kappa shape index (κ1) is 14.3. The lowest BCUT2D eigenvalue weighted by atomic mass is 10.2. The van der Waals surface area contributed by atoms with E-state index in [9.17, 15) is 4.79 Å². The summed E-state index contributed by atoms with van der Waals surface area (Å²) in [5, 5.41) is 20.2. The number of benzene rings is 1. The minimum Gasteiger partial charge on any atom is -0.477 e. The van der Waals surface area contributed by atoms with Crippen LogP contribution in [0, 0.1) is 11.3 Å². The maximum absolute atomic E-state index is 11.6. The number of nitriles is 1. The van der Waals surface area contributed by atoms with E-state index in [0.29, 0.717) is 28.2 Å². The van der Waals surface area contributed by atoms with Gasteiger partial charge in [0.2, 0.25) is 0 Å². The number of amides is 1. The van der Waals surface area contributed by atoms with Gasteiger partial charge in [0.1, 0.15) is 11.8 Å². The molecular weight excluding hydrogens is 296 g/mol. The number of rotatable bonds is 5. The van der Waals surface area contributed by atoms with Gasteiger partial charge in [-0.25, -0.2) is 0 Å². The summed E-state index contributed by atoms with van der Waals surface area (Å²) in [6.07, 6.45) is 1.69. The number of aromatic nitrogens is 3. The van der Waals surface area contributed by atoms with Crippen LogP contribution in [0.4, 0.5) is 11.4 Å². The first-order chi connectivity index (χ1) is 11.2. The number of primary amides is 1. The molecular formula is C15H12N6O2. The number of H-pyrrole nitrogens is 1. The van der Waals surface area contributed by atoms with Gasteiger partial charge in [0.25, 0.3) is 5.91 Å². The molecule has 8 nitrogen and oxygen atoms in total. The summed E-state index contributed by atoms with van der Waals surface area (Å²) >= 11 is 0. The van der Waals surface area contributed by atoms with Crippen LogP contribution < -0.4 is 15.8 Å². The molecule has 2 heterocycles. The van der Waals surface area contributed by atoms with Crippen LogP contribution in [0.2, 0.25) is 0 Å². The van der Waals surface area contributed by atoms with Gasteiger partial charge in [0, 0.05) is 11.6 Å². The van der Waals surface area contributed by atoms with Crippen molar-refractivity contribution < 1.29 is 9.53 Å². The van der Waals surface area contributed by atoms with Gasteiger partial charge in [-0.3, -0.25) is 4.79 Å². The lowest BCUT2D eigenvalue weighted by Gasteiger charge is -2.13. The molecule has 0 aliphatic rings. The molecule has 0 atom stereocenters. The van der Waals surface area contributed by atoms with Crippen LogP contribution in [0.5, 0.6) is 5.75 Å². The Bertz CT molecular complexity index is 912. The molecule has 0 fully saturated rings. The quantitative estimate of drug-likeness (QED) is 0.657. The second kappa shape index (κ2) is 6.03. The molecule has 3 rings (SSSR count). The average molecular weight is 308 g/mol. The van der Waals surface area contributed by atoms with Gasteiger partial charge in [0.15, 0.2) is 17.9 Å². The predicted octanol–water partition coefficient (Wildman–Crippen LogP) is 1.70. The molecule has 0 radical (unpaired) electrons. The molecule has 0 spiro atoms. The lowest BCUT2D eigenvalue weighted by Crippen LogP contribution is -2.16. The smallest absolute Gasteiger partial charge is 0.271 e. The summed E-state index contributed by atoms with van der Waals surface area (Å²) in [6.45, 7) is -0.0878. The maximum Gasteiger partial charge on any atom is 0.271 e. The molecule has 8 heteroatoms. The first-order valence-corrected chi connectivity index (χ1v) is 6.70. The zero-order valence-electron chi connectivity index (χ0n) is 11.9. The van der Waals surface area contributed by atoms with Crippen LogP contribution >= 0.6 is 0 Å². The number of hydrogen-bond donors (Lipinski definition) is 3. The lowest BCUT2D eigenvalue weighted by molar-refractivity contribution is 0.0995. The standard InChI is InChI=1S/C15H12N6O2/c16-6-8-23-11-4-2-1-3-10(11)19-12-9-5-7-18-15(9)21-20-13(12)14(17)22/h1-5,7H,8H2,(H2,17,22)(H2,18,19,21). The number of nitrogens with zero attached hydrogens (tertiary/aromatic N) is 3. The summed E-state index contributed by atoms with van der Waals surface area (Å²) in [6, 6.07) is 10.7. The SMILES string of the molecule is N#CCOc1ccccc1Nc1c(C(N)=O)nnc2[nH]ccc12. The average Bonchev–Trinajstić information content (AvgIpc) is 3.03. The molecule has 1 amide bonds. The summed E-state index contributed by atoms with van der Waals surface area (Å²) in [7, 11) is 0. The second-order valence-electron chi connectivity index (χ2n) is 4.60. The van der Waals surface area contributed by atoms with Crippen LogP contribution in [0.1, 0.15) is 10.5 Å². The summed E-state index contributed by atoms with van der Waals surface area (Å²) in [5.74, 6) is -0.219. The van der Waals surface area contributed by atoms with E-state index in [1.54, 1.807) is 36.5 Å². The van der Waals surface area contributed by atoms with Crippen molar-refractivity contribution >= 4 is 28.3 Å². The third kappa shape index (κ3) is 2.75. The number of fused-ring (bicyclic) bond motifs is 1. The van der Waals surface area contributed by atoms with Gasteiger partial charge in [-0.15, -0.1) is 10.2 Å². The van der Waals surface area contributed by atoms with Crippen molar-refractivity contribution in [3.8, 4) is 11.8 Å². The van der Waals surface area contributed by atoms with Crippen LogP contribution in [0.3, 0.4) is 0 Å². The van der Waals surface area contributed by atoms with E-state index in [1.807, 2.05) is 6.07 Å². The Morgan fingerprint density at radius 1 is 1.35 bits per heavy atom. The number of anilines is 2. The fraction of sp³-hybridized carbons (Fsp3) is 0.0667. The first-order valence-electron chi connectivity index (χ1n) is 6.70. The van der Waals surface area contributed by atoms with Crippen molar-refractivity contribution in [1.29, 1.82) is 5.26 Å². The van der Waals surface area contributed by atoms with E-state index >= 15 is 0 Å². The van der Waals surface area contributed by atoms with Gasteiger partial charge in [-0.2, -0.15) is 5.26 Å². The molecule has 23 heavy (non-hydrogen) atoms. The summed E-state index contributed by atoms with van der Waals surface area (Å²) in [5.41, 5.74) is 6.93. The number of carbonyl (C=O) groups is 1. The van der Waals surface area contributed by atoms with Crippen molar-refractivity contribution in [2.45, 2.75) is 0 Å². The van der Waals surface area contributed by atoms with Gasteiger partial charge in [-0.1, -0.05) is 12.1 Å². The molecule has 0 saturated heterocycles. The van der Waals surface area contributed by atoms with Gasteiger partial charge < -0.3 is 20.8 Å². The number of aromatic amines is 1. The van der Waals surface area contributed by atoms with Crippen molar-refractivity contribution in [1.82, 2.24) is 15.2 Å². The Hall–Kier alpha value is -3.60. The van der Waals surface area contributed by atoms with Crippen molar-refractivity contribution in [2.75, 3.05) is 11.9 Å². The maximum atomic E-state index is 11.6. The Morgan fingerprint density at radius 3 is 2.96 bits per heavy atom. The highest BCUT2D eigenvalue weighted by Gasteiger charge is 2.17. The third-order valence-corrected chi connectivity index (χ3v) is 3.15. The Kier molecular flexibility index (Phi) is 3.76. The minimum absolute atomic E-state index is 0.0205. The highest BCUT2D eigenvalue weighted by atomic mass is 16.5. The van der Waals surface area contributed by atoms with Crippen LogP contribution in [0.15, 0.2) is 36.5 Å². The highest BCUT2D eigenvalue weighted by Crippen LogP contribution is 2.32. The summed E-state index contributed by atoms with van der Waals surface area (Å²) < 4.78 is 5.37. The number of carbonyl (C=O) groups excluding carboxylic acids is 1. The van der Waals surface area contributed by atoms with Crippen molar-refractivity contribution in [2.24, 2.45) is 5.73 Å². The van der Waals surface area contributed by atoms with E-state index in [2.05, 4.69) is 20.5 Å². The highest BCUT2D eigenvalue weighted by molar-refractivity contribution is 6.05. The normalized spacial score (nSPS) is 10.2. The minimum atomic E-state index is -0.696. The predicted molar refractivity (Wildman–Crippen MR) is 83.2 cm³/mol. The Labute approximate surface area is 130 Å². The van der Waals surface area contributed by atoms with Crippen LogP contribution in [-0.4, -0.2) is 27.7 Å². The Balaban J connectivity index is 2.08. The van der Waals surface area contributed by atoms with Crippen LogP contribution in [-0.2, 0) is 0 Å². The zero-order valence-corrected chi connectivity index (χ0v) is 11.9. The molecule has 0 saturated carbocycles. The number of para-hydroxylation sites is 2. The topological polar surface area (TPSA) is 130 Å². The summed E-state index contributed by atoms with van der Waals surface area (Å²) in [4.78, 5) is 14.6. The van der Waals surface area contributed by atoms with Crippen LogP contribution in [0.25, 0.3) is 11.0 Å². The van der Waals surface area contributed by atoms with Gasteiger partial charge >= 0.3 is 0 Å². The van der Waals surface area contributed by atoms with E-state index in [1.165, 1.54) is 0 Å². The van der Waals surface area contributed by atoms with Gasteiger partial charge in [0.05, 0.1) is 11.4 Å². The molecule has 0 aliphatic carbocycles. The van der Waals surface area contributed by atoms with Gasteiger partial charge in [-0.05, 0) is 18.2 Å². The monoisotopic (exact) mass is 308 g/mol. The molecule has 0 aliphatic heterocycles. The molecule has 114 valence electrons. The molecule has 3 aromatic rings. The van der Waals surface area contributed by atoms with E-state index < -0.39 is 5.91 Å². The van der Waals surface area contributed by atoms with E-state index in [0.717, 1.165) is 0 Å². The Morgan fingerprint density at radius 2 is 2.17 bits per heavy atom. The second-order valence-corrected chi connectivity index (χ2v) is 4.60. The fourth-order valence-electron chi connectivity index (χ4n) is 2.16. The third-order valence-electron chi connectivity index (χ3n) is 3.15. The van der Waals surface area contributed by atoms with Crippen molar-refractivity contribution in [3.63, 3.8) is 0 Å². The number of ether oxygens (including phenoxy) is 1. The molecule has 2 aromatic heterocycles. The number of hydrogen-bond acceptors (Lipinski definition) is 6. The van der Waals surface area contributed by atoms with E-state index in [4.69, 9.17) is 15.7 Å². The molecule has 0 unspecified atom stereocenters. The van der Waals surface area contributed by atoms with Crippen molar-refractivity contribution in [3.05, 3.63) is 42.2 Å². The number of nitrogens with two attached hydrogens (primary N) is 1.